The van der Waals surface area contributed by atoms with Gasteiger partial charge in [0.25, 0.3) is 0 Å². The van der Waals surface area contributed by atoms with Gasteiger partial charge in [-0.3, -0.25) is 0 Å². The van der Waals surface area contributed by atoms with E-state index in [0.717, 1.165) is 6.42 Å². The van der Waals surface area contributed by atoms with Crippen molar-refractivity contribution in [1.29, 1.82) is 0 Å². The number of rotatable bonds is 1. The lowest BCUT2D eigenvalue weighted by Gasteiger charge is -2.11. The predicted molar refractivity (Wildman–Crippen MR) is 91.6 cm³/mol. The summed E-state index contributed by atoms with van der Waals surface area (Å²) >= 11 is 0. The number of hydrogen-bond donors (Lipinski definition) is 1. The average molecular weight is 269 g/mol. The molecule has 0 spiro atoms. The molecular formula is C20H15N. The molecule has 1 aliphatic heterocycles. The molecule has 1 aliphatic rings. The summed E-state index contributed by atoms with van der Waals surface area (Å²) in [4.78, 5) is 0. The second-order valence-electron chi connectivity index (χ2n) is 5.77. The van der Waals surface area contributed by atoms with Crippen LogP contribution in [0, 0.1) is 0 Å². The van der Waals surface area contributed by atoms with E-state index >= 15 is 0 Å². The zero-order valence-electron chi connectivity index (χ0n) is 11.9. The van der Waals surface area contributed by atoms with Gasteiger partial charge >= 0.3 is 0 Å². The Morgan fingerprint density at radius 2 is 1.48 bits per heavy atom. The van der Waals surface area contributed by atoms with Crippen molar-refractivity contribution in [2.45, 2.75) is 13.3 Å². The molecule has 4 aromatic rings. The van der Waals surface area contributed by atoms with Gasteiger partial charge in [-0.2, -0.15) is 0 Å². The first kappa shape index (κ1) is 11.2. The molecule has 1 nitrogen and oxygen atoms in total. The minimum Gasteiger partial charge on any atom is -0.351 e. The first-order valence-corrected chi connectivity index (χ1v) is 7.54. The first-order chi connectivity index (χ1) is 10.4. The highest BCUT2D eigenvalue weighted by atomic mass is 15.0. The van der Waals surface area contributed by atoms with Crippen molar-refractivity contribution < 1.29 is 0 Å². The third-order valence-corrected chi connectivity index (χ3v) is 4.68. The largest absolute Gasteiger partial charge is 0.351 e. The lowest BCUT2D eigenvalue weighted by atomic mass is 9.92. The van der Waals surface area contributed by atoms with E-state index in [1.54, 1.807) is 0 Å². The number of nitrogens with one attached hydrogen (secondary N) is 1. The minimum absolute atomic E-state index is 1.06. The van der Waals surface area contributed by atoms with E-state index in [-0.39, 0.29) is 0 Å². The van der Waals surface area contributed by atoms with E-state index in [1.165, 1.54) is 49.3 Å². The van der Waals surface area contributed by atoms with E-state index in [2.05, 4.69) is 66.8 Å². The summed E-state index contributed by atoms with van der Waals surface area (Å²) < 4.78 is 0. The highest BCUT2D eigenvalue weighted by Crippen LogP contribution is 2.53. The van der Waals surface area contributed by atoms with Crippen LogP contribution in [0.25, 0.3) is 32.3 Å². The quantitative estimate of drug-likeness (QED) is 0.233. The molecule has 0 bridgehead atoms. The van der Waals surface area contributed by atoms with Crippen LogP contribution in [0.1, 0.15) is 12.5 Å². The fourth-order valence-electron chi connectivity index (χ4n) is 3.71. The van der Waals surface area contributed by atoms with Crippen LogP contribution in [0.4, 0.5) is 11.4 Å². The molecule has 1 heterocycles. The topological polar surface area (TPSA) is 21.9 Å². The monoisotopic (exact) mass is 269 g/mol. The van der Waals surface area contributed by atoms with Gasteiger partial charge in [-0.15, -0.1) is 0 Å². The van der Waals surface area contributed by atoms with Crippen LogP contribution >= 0.6 is 0 Å². The Balaban J connectivity index is 2.13. The summed E-state index contributed by atoms with van der Waals surface area (Å²) in [7, 11) is 0. The molecule has 5 rings (SSSR count). The van der Waals surface area contributed by atoms with Gasteiger partial charge in [-0.1, -0.05) is 55.5 Å². The molecule has 0 aromatic heterocycles. The highest BCUT2D eigenvalue weighted by molar-refractivity contribution is 6.30. The summed E-state index contributed by atoms with van der Waals surface area (Å²) in [6.07, 6.45) is 1.06. The molecule has 1 N–H and O–H groups in total. The van der Waals surface area contributed by atoms with E-state index in [0.29, 0.717) is 0 Å². The fraction of sp³-hybridized carbons (Fsp3) is 0.100. The number of aryl methyl sites for hydroxylation is 1. The summed E-state index contributed by atoms with van der Waals surface area (Å²) in [5, 5.41) is 11.7. The molecule has 0 fully saturated rings. The second kappa shape index (κ2) is 3.76. The van der Waals surface area contributed by atoms with E-state index < -0.39 is 0 Å². The smallest absolute Gasteiger partial charge is 0.0713 e. The maximum Gasteiger partial charge on any atom is 0.0713 e. The van der Waals surface area contributed by atoms with Crippen molar-refractivity contribution in [1.82, 2.24) is 0 Å². The van der Waals surface area contributed by atoms with Crippen molar-refractivity contribution >= 4 is 43.7 Å². The molecule has 100 valence electrons. The zero-order chi connectivity index (χ0) is 14.0. The summed E-state index contributed by atoms with van der Waals surface area (Å²) in [5.74, 6) is 0. The van der Waals surface area contributed by atoms with Crippen molar-refractivity contribution in [3.8, 4) is 0 Å². The van der Waals surface area contributed by atoms with Gasteiger partial charge in [0.15, 0.2) is 0 Å². The van der Waals surface area contributed by atoms with E-state index in [9.17, 15) is 0 Å². The van der Waals surface area contributed by atoms with Gasteiger partial charge in [0.05, 0.1) is 11.4 Å². The number of fused-ring (bicyclic) bond motifs is 7. The molecule has 4 aromatic carbocycles. The molecular weight excluding hydrogens is 254 g/mol. The molecule has 0 atom stereocenters. The Kier molecular flexibility index (Phi) is 2.00. The molecule has 1 heteroatoms. The van der Waals surface area contributed by atoms with Crippen LogP contribution in [0.3, 0.4) is 0 Å². The van der Waals surface area contributed by atoms with Crippen LogP contribution < -0.4 is 5.32 Å². The van der Waals surface area contributed by atoms with Crippen LogP contribution in [-0.2, 0) is 6.42 Å². The van der Waals surface area contributed by atoms with Crippen LogP contribution in [0.2, 0.25) is 0 Å². The lowest BCUT2D eigenvalue weighted by Crippen LogP contribution is -1.87. The molecule has 21 heavy (non-hydrogen) atoms. The van der Waals surface area contributed by atoms with Gasteiger partial charge in [-0.25, -0.2) is 0 Å². The summed E-state index contributed by atoms with van der Waals surface area (Å²) in [6.45, 7) is 2.26. The van der Waals surface area contributed by atoms with Gasteiger partial charge in [0.1, 0.15) is 0 Å². The average Bonchev–Trinajstić information content (AvgIpc) is 3.34. The maximum absolute atomic E-state index is 3.52. The van der Waals surface area contributed by atoms with E-state index in [4.69, 9.17) is 0 Å². The van der Waals surface area contributed by atoms with Gasteiger partial charge in [-0.05, 0) is 39.6 Å². The molecule has 0 aliphatic carbocycles. The SMILES string of the molecule is CCc1c2ccccc2cc2c1c1c(c3ccccc32)N1. The second-order valence-corrected chi connectivity index (χ2v) is 5.77. The molecule has 0 unspecified atom stereocenters. The Hall–Kier alpha value is -2.54. The zero-order valence-corrected chi connectivity index (χ0v) is 11.9. The van der Waals surface area contributed by atoms with Crippen LogP contribution in [0.5, 0.6) is 0 Å². The van der Waals surface area contributed by atoms with Crippen molar-refractivity contribution in [3.63, 3.8) is 0 Å². The van der Waals surface area contributed by atoms with E-state index in [1.807, 2.05) is 0 Å². The van der Waals surface area contributed by atoms with Gasteiger partial charge < -0.3 is 5.32 Å². The van der Waals surface area contributed by atoms with Crippen LogP contribution in [-0.4, -0.2) is 0 Å². The van der Waals surface area contributed by atoms with Crippen LogP contribution in [0.15, 0.2) is 54.6 Å². The third kappa shape index (κ3) is 1.36. The Bertz CT molecular complexity index is 1040. The summed E-state index contributed by atoms with van der Waals surface area (Å²) in [6, 6.07) is 19.8. The van der Waals surface area contributed by atoms with Crippen molar-refractivity contribution in [2.24, 2.45) is 0 Å². The molecule has 0 radical (unpaired) electrons. The van der Waals surface area contributed by atoms with Gasteiger partial charge in [0.2, 0.25) is 0 Å². The molecule has 0 saturated heterocycles. The standard InChI is InChI=1S/C20H15N/c1-2-13-14-8-4-3-7-12(14)11-17-15-9-5-6-10-16(15)19-20(21-19)18(13)17/h3-11,21H,2H2,1H3. The highest BCUT2D eigenvalue weighted by Gasteiger charge is 2.26. The fourth-order valence-corrected chi connectivity index (χ4v) is 3.71. The maximum atomic E-state index is 3.52. The third-order valence-electron chi connectivity index (χ3n) is 4.68. The molecule has 0 amide bonds. The minimum atomic E-state index is 1.06. The van der Waals surface area contributed by atoms with Gasteiger partial charge in [0, 0.05) is 10.8 Å². The number of benzene rings is 4. The Labute approximate surface area is 123 Å². The first-order valence-electron chi connectivity index (χ1n) is 7.54. The van der Waals surface area contributed by atoms with Crippen molar-refractivity contribution in [3.05, 3.63) is 60.2 Å². The molecule has 0 saturated carbocycles. The lowest BCUT2D eigenvalue weighted by molar-refractivity contribution is 1.18. The predicted octanol–water partition coefficient (Wildman–Crippen LogP) is 5.77. The normalized spacial score (nSPS) is 12.6. The number of anilines is 2. The van der Waals surface area contributed by atoms with Crippen molar-refractivity contribution in [2.75, 3.05) is 5.32 Å². The summed E-state index contributed by atoms with van der Waals surface area (Å²) in [5.41, 5.74) is 4.13. The Morgan fingerprint density at radius 3 is 2.29 bits per heavy atom. The Morgan fingerprint density at radius 1 is 0.762 bits per heavy atom. The number of hydrogen-bond acceptors (Lipinski definition) is 1.